The first kappa shape index (κ1) is 23.5. The van der Waals surface area contributed by atoms with Gasteiger partial charge >= 0.3 is 0 Å². The highest BCUT2D eigenvalue weighted by atomic mass is 16.5. The summed E-state index contributed by atoms with van der Waals surface area (Å²) in [5.74, 6) is 0.0173. The van der Waals surface area contributed by atoms with Crippen molar-refractivity contribution in [3.05, 3.63) is 27.7 Å². The smallest absolute Gasteiger partial charge is 0.270 e. The van der Waals surface area contributed by atoms with E-state index in [4.69, 9.17) is 4.74 Å². The number of pyridine rings is 1. The summed E-state index contributed by atoms with van der Waals surface area (Å²) in [6.45, 7) is 5.58. The maximum atomic E-state index is 13.0. The highest BCUT2D eigenvalue weighted by Crippen LogP contribution is 2.23. The Hall–Kier alpha value is -3.17. The summed E-state index contributed by atoms with van der Waals surface area (Å²) in [7, 11) is 2.96. The fourth-order valence-electron chi connectivity index (χ4n) is 3.93. The largest absolute Gasteiger partial charge is 0.496 e. The van der Waals surface area contributed by atoms with Crippen molar-refractivity contribution < 1.29 is 19.1 Å². The molecule has 0 saturated carbocycles. The molecule has 174 valence electrons. The third kappa shape index (κ3) is 5.00. The van der Waals surface area contributed by atoms with E-state index >= 15 is 0 Å². The number of carbonyl (C=O) groups is 3. The Balaban J connectivity index is 1.85. The molecule has 0 aliphatic carbocycles. The van der Waals surface area contributed by atoms with Crippen LogP contribution in [-0.2, 0) is 22.6 Å². The van der Waals surface area contributed by atoms with Crippen LogP contribution in [0.3, 0.4) is 0 Å². The summed E-state index contributed by atoms with van der Waals surface area (Å²) < 4.78 is 6.91. The minimum atomic E-state index is -0.289. The molecule has 1 N–H and O–H groups in total. The van der Waals surface area contributed by atoms with E-state index in [0.717, 1.165) is 6.42 Å². The number of hydrazone groups is 1. The Kier molecular flexibility index (Phi) is 7.32. The second-order valence-corrected chi connectivity index (χ2v) is 8.47. The SMILES string of the molecule is COc1cc(=O)n2c(c1C(=O)NCCC(C)C)CCN(C(=O)C1=NN(C)C(=O)CC1)CC2. The topological polar surface area (TPSA) is 113 Å². The van der Waals surface area contributed by atoms with E-state index in [2.05, 4.69) is 24.3 Å². The molecular weight excluding hydrogens is 414 g/mol. The van der Waals surface area contributed by atoms with Crippen molar-refractivity contribution in [1.29, 1.82) is 0 Å². The van der Waals surface area contributed by atoms with Gasteiger partial charge in [0, 0.05) is 64.2 Å². The van der Waals surface area contributed by atoms with E-state index < -0.39 is 0 Å². The molecule has 0 atom stereocenters. The van der Waals surface area contributed by atoms with Crippen molar-refractivity contribution in [2.45, 2.75) is 46.1 Å². The molecule has 10 nitrogen and oxygen atoms in total. The van der Waals surface area contributed by atoms with E-state index in [1.807, 2.05) is 0 Å². The van der Waals surface area contributed by atoms with Crippen LogP contribution in [0.4, 0.5) is 0 Å². The van der Waals surface area contributed by atoms with Gasteiger partial charge in [-0.3, -0.25) is 19.2 Å². The monoisotopic (exact) mass is 445 g/mol. The van der Waals surface area contributed by atoms with E-state index in [0.29, 0.717) is 55.4 Å². The molecular formula is C22H31N5O5. The van der Waals surface area contributed by atoms with Crippen molar-refractivity contribution in [1.82, 2.24) is 19.8 Å². The lowest BCUT2D eigenvalue weighted by Crippen LogP contribution is -2.42. The molecule has 10 heteroatoms. The predicted octanol–water partition coefficient (Wildman–Crippen LogP) is 0.626. The van der Waals surface area contributed by atoms with Crippen LogP contribution in [0.25, 0.3) is 0 Å². The summed E-state index contributed by atoms with van der Waals surface area (Å²) >= 11 is 0. The third-order valence-electron chi connectivity index (χ3n) is 5.79. The Bertz CT molecular complexity index is 997. The molecule has 0 fully saturated rings. The first-order valence-electron chi connectivity index (χ1n) is 10.9. The van der Waals surface area contributed by atoms with Crippen molar-refractivity contribution in [3.8, 4) is 5.75 Å². The molecule has 0 spiro atoms. The number of nitrogens with one attached hydrogen (secondary N) is 1. The summed E-state index contributed by atoms with van der Waals surface area (Å²) in [6.07, 6.45) is 1.70. The quantitative estimate of drug-likeness (QED) is 0.690. The van der Waals surface area contributed by atoms with Gasteiger partial charge in [0.05, 0.1) is 7.11 Å². The first-order valence-corrected chi connectivity index (χ1v) is 10.9. The zero-order chi connectivity index (χ0) is 23.4. The summed E-state index contributed by atoms with van der Waals surface area (Å²) in [6, 6.07) is 1.32. The summed E-state index contributed by atoms with van der Waals surface area (Å²) in [4.78, 5) is 52.0. The Morgan fingerprint density at radius 1 is 1.16 bits per heavy atom. The van der Waals surface area contributed by atoms with Gasteiger partial charge in [-0.15, -0.1) is 0 Å². The van der Waals surface area contributed by atoms with Gasteiger partial charge in [0.1, 0.15) is 17.0 Å². The second-order valence-electron chi connectivity index (χ2n) is 8.47. The molecule has 2 aliphatic rings. The van der Waals surface area contributed by atoms with Crippen LogP contribution in [0, 0.1) is 5.92 Å². The molecule has 2 aliphatic heterocycles. The zero-order valence-corrected chi connectivity index (χ0v) is 19.1. The predicted molar refractivity (Wildman–Crippen MR) is 119 cm³/mol. The Morgan fingerprint density at radius 2 is 1.91 bits per heavy atom. The van der Waals surface area contributed by atoms with Crippen LogP contribution >= 0.6 is 0 Å². The maximum Gasteiger partial charge on any atom is 0.270 e. The van der Waals surface area contributed by atoms with Crippen LogP contribution < -0.4 is 15.6 Å². The summed E-state index contributed by atoms with van der Waals surface area (Å²) in [5.41, 5.74) is 0.954. The molecule has 3 rings (SSSR count). The fraction of sp³-hybridized carbons (Fsp3) is 0.591. The number of rotatable bonds is 6. The van der Waals surface area contributed by atoms with Crippen molar-refractivity contribution in [3.63, 3.8) is 0 Å². The molecule has 3 amide bonds. The summed E-state index contributed by atoms with van der Waals surface area (Å²) in [5, 5.41) is 8.22. The van der Waals surface area contributed by atoms with E-state index in [9.17, 15) is 19.2 Å². The van der Waals surface area contributed by atoms with Crippen LogP contribution in [0.15, 0.2) is 16.0 Å². The van der Waals surface area contributed by atoms with Crippen LogP contribution in [-0.4, -0.2) is 71.7 Å². The second kappa shape index (κ2) is 9.97. The van der Waals surface area contributed by atoms with Gasteiger partial charge in [-0.2, -0.15) is 5.10 Å². The minimum Gasteiger partial charge on any atom is -0.496 e. The normalized spacial score (nSPS) is 16.4. The minimum absolute atomic E-state index is 0.128. The number of aromatic nitrogens is 1. The number of methoxy groups -OCH3 is 1. The molecule has 0 saturated heterocycles. The average molecular weight is 446 g/mol. The lowest BCUT2D eigenvalue weighted by Gasteiger charge is -2.24. The molecule has 32 heavy (non-hydrogen) atoms. The molecule has 1 aromatic rings. The molecule has 0 unspecified atom stereocenters. The molecule has 1 aromatic heterocycles. The highest BCUT2D eigenvalue weighted by Gasteiger charge is 2.30. The number of amides is 3. The van der Waals surface area contributed by atoms with Gasteiger partial charge in [0.25, 0.3) is 17.4 Å². The van der Waals surface area contributed by atoms with Crippen molar-refractivity contribution in [2.75, 3.05) is 33.8 Å². The van der Waals surface area contributed by atoms with Crippen molar-refractivity contribution in [2.24, 2.45) is 11.0 Å². The zero-order valence-electron chi connectivity index (χ0n) is 19.1. The lowest BCUT2D eigenvalue weighted by atomic mass is 10.1. The van der Waals surface area contributed by atoms with Gasteiger partial charge in [0.15, 0.2) is 0 Å². The van der Waals surface area contributed by atoms with Crippen LogP contribution in [0.5, 0.6) is 5.75 Å². The Morgan fingerprint density at radius 3 is 2.56 bits per heavy atom. The fourth-order valence-corrected chi connectivity index (χ4v) is 3.93. The van der Waals surface area contributed by atoms with E-state index in [1.165, 1.54) is 25.2 Å². The van der Waals surface area contributed by atoms with Gasteiger partial charge in [-0.25, -0.2) is 5.01 Å². The van der Waals surface area contributed by atoms with Gasteiger partial charge in [-0.05, 0) is 12.3 Å². The van der Waals surface area contributed by atoms with Crippen LogP contribution in [0.2, 0.25) is 0 Å². The van der Waals surface area contributed by atoms with Gasteiger partial charge < -0.3 is 19.5 Å². The number of hydrogen-bond acceptors (Lipinski definition) is 6. The maximum absolute atomic E-state index is 13.0. The lowest BCUT2D eigenvalue weighted by molar-refractivity contribution is -0.130. The number of hydrogen-bond donors (Lipinski definition) is 1. The number of ether oxygens (including phenoxy) is 1. The van der Waals surface area contributed by atoms with Gasteiger partial charge in [-0.1, -0.05) is 13.8 Å². The van der Waals surface area contributed by atoms with E-state index in [1.54, 1.807) is 9.47 Å². The third-order valence-corrected chi connectivity index (χ3v) is 5.79. The van der Waals surface area contributed by atoms with Gasteiger partial charge in [0.2, 0.25) is 5.91 Å². The molecule has 0 aromatic carbocycles. The average Bonchev–Trinajstić information content (AvgIpc) is 2.98. The first-order chi connectivity index (χ1) is 15.2. The number of nitrogens with zero attached hydrogens (tertiary/aromatic N) is 4. The molecule has 0 radical (unpaired) electrons. The van der Waals surface area contributed by atoms with E-state index in [-0.39, 0.29) is 42.0 Å². The number of carbonyl (C=O) groups excluding carboxylic acids is 3. The van der Waals surface area contributed by atoms with Crippen LogP contribution in [0.1, 0.15) is 49.2 Å². The Labute approximate surface area is 187 Å². The highest BCUT2D eigenvalue weighted by molar-refractivity contribution is 6.39. The molecule has 0 bridgehead atoms. The van der Waals surface area contributed by atoms with Crippen molar-refractivity contribution >= 4 is 23.4 Å². The molecule has 3 heterocycles. The number of fused-ring (bicyclic) bond motifs is 1. The standard InChI is InChI=1S/C22H31N5O5/c1-14(2)7-9-23-21(30)20-16-8-10-26(11-12-27(16)19(29)13-17(20)32-4)22(31)15-5-6-18(28)25(3)24-15/h13-14H,5-12H2,1-4H3,(H,23,30).